The average molecular weight is 1090 g/mol. The molecule has 7 aromatic carbocycles. The molecule has 3 aliphatic rings. The summed E-state index contributed by atoms with van der Waals surface area (Å²) >= 11 is 2.73. The fourth-order valence-corrected chi connectivity index (χ4v) is 12.8. The van der Waals surface area contributed by atoms with Crippen LogP contribution in [0.15, 0.2) is 150 Å². The highest BCUT2D eigenvalue weighted by atomic mass is 127. The Morgan fingerprint density at radius 1 is 0.554 bits per heavy atom. The highest BCUT2D eigenvalue weighted by Gasteiger charge is 2.48. The summed E-state index contributed by atoms with van der Waals surface area (Å²) in [6, 6.07) is 55.9. The molecule has 2 aliphatic heterocycles. The van der Waals surface area contributed by atoms with Crippen LogP contribution in [0.3, 0.4) is 0 Å². The molecule has 2 atom stereocenters. The van der Waals surface area contributed by atoms with Gasteiger partial charge < -0.3 is 19.1 Å². The topological polar surface area (TPSA) is 22.9 Å². The van der Waals surface area contributed by atoms with Crippen LogP contribution < -0.4 is 31.3 Å². The van der Waals surface area contributed by atoms with E-state index in [0.717, 1.165) is 57.5 Å². The Balaban J connectivity index is 1.32. The van der Waals surface area contributed by atoms with Crippen LogP contribution in [0.1, 0.15) is 154 Å². The monoisotopic (exact) mass is 1090 g/mol. The van der Waals surface area contributed by atoms with Crippen LogP contribution in [0.4, 0.5) is 51.2 Å². The smallest absolute Gasteiger partial charge is 0.297 e. The van der Waals surface area contributed by atoms with Crippen LogP contribution in [-0.2, 0) is 27.1 Å². The summed E-state index contributed by atoms with van der Waals surface area (Å²) in [5.41, 5.74) is 22.5. The maximum Gasteiger partial charge on any atom is 0.297 e. The maximum atomic E-state index is 7.69. The SMILES string of the molecule is CC1CCC(C)(C)c2cc3c4c(oc3cc2[C@H]1I)B1c2ccc(C(C)(C)C)cc2N(c2cc(C(C)(C)C)cc(C(C)(C)C)c2)c2cc(N(c3ccccc3)c3ccccc3)cc(c21)N4c1ccc(C(C)(C)C)cc1. The summed E-state index contributed by atoms with van der Waals surface area (Å²) in [7, 11) is 0. The molecule has 0 radical (unpaired) electrons. The molecule has 0 amide bonds. The lowest BCUT2D eigenvalue weighted by atomic mass is 9.35. The molecule has 1 unspecified atom stereocenters. The maximum absolute atomic E-state index is 7.69. The first kappa shape index (κ1) is 50.4. The van der Waals surface area contributed by atoms with Crippen molar-refractivity contribution < 1.29 is 4.42 Å². The molecule has 0 saturated heterocycles. The number of alkyl halides is 1. The number of anilines is 9. The zero-order chi connectivity index (χ0) is 52.6. The first-order valence-electron chi connectivity index (χ1n) is 27.1. The molecule has 0 bridgehead atoms. The second kappa shape index (κ2) is 17.7. The lowest BCUT2D eigenvalue weighted by molar-refractivity contribution is 0.424. The predicted octanol–water partition coefficient (Wildman–Crippen LogP) is 18.4. The Hall–Kier alpha value is -5.73. The largest absolute Gasteiger partial charge is 0.468 e. The molecule has 11 rings (SSSR count). The van der Waals surface area contributed by atoms with Crippen LogP contribution >= 0.6 is 22.6 Å². The lowest BCUT2D eigenvalue weighted by Gasteiger charge is -2.44. The summed E-state index contributed by atoms with van der Waals surface area (Å²) in [6.45, 7) is 35.2. The molecule has 0 N–H and O–H groups in total. The minimum Gasteiger partial charge on any atom is -0.468 e. The van der Waals surface area contributed by atoms with Gasteiger partial charge in [0, 0.05) is 49.1 Å². The second-order valence-electron chi connectivity index (χ2n) is 26.6. The van der Waals surface area contributed by atoms with E-state index in [1.54, 1.807) is 0 Å². The van der Waals surface area contributed by atoms with Crippen molar-refractivity contribution in [2.75, 3.05) is 14.7 Å². The molecule has 0 saturated carbocycles. The van der Waals surface area contributed by atoms with E-state index in [0.29, 0.717) is 9.84 Å². The van der Waals surface area contributed by atoms with Crippen LogP contribution in [0.2, 0.25) is 0 Å². The predicted molar refractivity (Wildman–Crippen MR) is 328 cm³/mol. The van der Waals surface area contributed by atoms with Gasteiger partial charge >= 0.3 is 0 Å². The summed E-state index contributed by atoms with van der Waals surface area (Å²) in [5, 5.41) is 1.17. The fraction of sp³-hybridized carbons (Fsp3) is 0.353. The molecule has 3 heterocycles. The van der Waals surface area contributed by atoms with Gasteiger partial charge in [0.1, 0.15) is 5.58 Å². The number of fused-ring (bicyclic) bond motifs is 7. The molecule has 0 fully saturated rings. The number of rotatable bonds is 5. The molecular weight excluding hydrogens is 1010 g/mol. The van der Waals surface area contributed by atoms with E-state index in [4.69, 9.17) is 4.42 Å². The summed E-state index contributed by atoms with van der Waals surface area (Å²) in [4.78, 5) is 7.66. The van der Waals surface area contributed by atoms with Crippen molar-refractivity contribution in [1.82, 2.24) is 0 Å². The van der Waals surface area contributed by atoms with Crippen molar-refractivity contribution >= 4 is 108 Å². The number of hydrogen-bond donors (Lipinski definition) is 0. The van der Waals surface area contributed by atoms with Gasteiger partial charge in [-0.05, 0) is 169 Å². The summed E-state index contributed by atoms with van der Waals surface area (Å²) in [5.74, 6) is 0.558. The van der Waals surface area contributed by atoms with E-state index < -0.39 is 0 Å². The number of hydrogen-bond acceptors (Lipinski definition) is 4. The van der Waals surface area contributed by atoms with Gasteiger partial charge in [0.2, 0.25) is 0 Å². The Labute approximate surface area is 456 Å². The first-order valence-corrected chi connectivity index (χ1v) is 28.4. The van der Waals surface area contributed by atoms with Crippen molar-refractivity contribution in [1.29, 1.82) is 0 Å². The number of nitrogens with zero attached hydrogens (tertiary/aromatic N) is 3. The van der Waals surface area contributed by atoms with Gasteiger partial charge in [-0.2, -0.15) is 0 Å². The molecular formula is C68H75BIN3O. The molecule has 1 aliphatic carbocycles. The van der Waals surface area contributed by atoms with Crippen molar-refractivity contribution in [2.45, 2.75) is 148 Å². The minimum atomic E-state index is -0.196. The van der Waals surface area contributed by atoms with Gasteiger partial charge in [-0.1, -0.05) is 193 Å². The number of para-hydroxylation sites is 2. The van der Waals surface area contributed by atoms with E-state index in [-0.39, 0.29) is 33.8 Å². The third-order valence-electron chi connectivity index (χ3n) is 16.6. The Kier molecular flexibility index (Phi) is 12.1. The van der Waals surface area contributed by atoms with Crippen LogP contribution in [0.5, 0.6) is 0 Å². The van der Waals surface area contributed by atoms with Crippen molar-refractivity contribution in [3.05, 3.63) is 179 Å². The van der Waals surface area contributed by atoms with Gasteiger partial charge in [-0.3, -0.25) is 0 Å². The minimum absolute atomic E-state index is 0.00533. The molecule has 8 aromatic rings. The third-order valence-corrected chi connectivity index (χ3v) is 18.5. The fourth-order valence-electron chi connectivity index (χ4n) is 12.0. The Morgan fingerprint density at radius 3 is 1.65 bits per heavy atom. The molecule has 378 valence electrons. The highest BCUT2D eigenvalue weighted by molar-refractivity contribution is 14.1. The number of furan rings is 1. The van der Waals surface area contributed by atoms with Crippen molar-refractivity contribution in [3.8, 4) is 0 Å². The Morgan fingerprint density at radius 2 is 1.09 bits per heavy atom. The summed E-state index contributed by atoms with van der Waals surface area (Å²) in [6.07, 6.45) is 2.34. The van der Waals surface area contributed by atoms with E-state index >= 15 is 0 Å². The Bertz CT molecular complexity index is 3380. The van der Waals surface area contributed by atoms with Gasteiger partial charge in [0.05, 0.1) is 17.0 Å². The highest BCUT2D eigenvalue weighted by Crippen LogP contribution is 2.54. The summed E-state index contributed by atoms with van der Waals surface area (Å²) < 4.78 is 8.07. The lowest BCUT2D eigenvalue weighted by Crippen LogP contribution is -2.61. The average Bonchev–Trinajstić information content (AvgIpc) is 3.69. The number of halogens is 1. The number of benzene rings is 7. The normalized spacial score (nSPS) is 17.4. The van der Waals surface area contributed by atoms with Gasteiger partial charge in [-0.15, -0.1) is 0 Å². The van der Waals surface area contributed by atoms with Gasteiger partial charge in [0.15, 0.2) is 0 Å². The van der Waals surface area contributed by atoms with Crippen LogP contribution in [-0.4, -0.2) is 6.71 Å². The zero-order valence-electron chi connectivity index (χ0n) is 46.6. The van der Waals surface area contributed by atoms with Crippen molar-refractivity contribution in [3.63, 3.8) is 0 Å². The van der Waals surface area contributed by atoms with Gasteiger partial charge in [-0.25, -0.2) is 0 Å². The van der Waals surface area contributed by atoms with Crippen molar-refractivity contribution in [2.24, 2.45) is 5.92 Å². The molecule has 1 aromatic heterocycles. The quantitative estimate of drug-likeness (QED) is 0.0741. The van der Waals surface area contributed by atoms with E-state index in [9.17, 15) is 0 Å². The molecule has 0 spiro atoms. The standard InChI is InChI=1S/C68H75BIN3O/c1-42-32-33-68(14,15)54-40-53-59(41-52(54)61(42)70)74-63-62(53)73(49-29-26-43(27-30-49)64(2,3)4)58-39-51(71(47-22-18-16-19-23-47)48-24-20-17-21-25-48)38-57-60(58)69(63)55-31-28-44(65(5,6)7)37-56(55)72(57)50-35-45(66(8,9)10)34-46(36-50)67(11,12)13/h16-31,34-42,61H,32-33H2,1-15H3/t42?,61-/m0/s1. The van der Waals surface area contributed by atoms with Gasteiger partial charge in [0.25, 0.3) is 6.71 Å². The molecule has 74 heavy (non-hydrogen) atoms. The second-order valence-corrected chi connectivity index (χ2v) is 28.0. The van der Waals surface area contributed by atoms with E-state index in [1.807, 2.05) is 0 Å². The molecule has 6 heteroatoms. The first-order chi connectivity index (χ1) is 34.8. The van der Waals surface area contributed by atoms with E-state index in [2.05, 4.69) is 287 Å². The van der Waals surface area contributed by atoms with Crippen LogP contribution in [0.25, 0.3) is 11.0 Å². The zero-order valence-corrected chi connectivity index (χ0v) is 48.8. The van der Waals surface area contributed by atoms with Crippen LogP contribution in [0, 0.1) is 5.92 Å². The third kappa shape index (κ3) is 8.59. The molecule has 4 nitrogen and oxygen atoms in total. The van der Waals surface area contributed by atoms with E-state index in [1.165, 1.54) is 67.5 Å².